The van der Waals surface area contributed by atoms with Crippen LogP contribution in [0.2, 0.25) is 0 Å². The third-order valence-corrected chi connectivity index (χ3v) is 3.36. The van der Waals surface area contributed by atoms with Gasteiger partial charge in [0.25, 0.3) is 0 Å². The van der Waals surface area contributed by atoms with Crippen molar-refractivity contribution < 1.29 is 0 Å². The maximum absolute atomic E-state index is 3.51. The Morgan fingerprint density at radius 2 is 1.64 bits per heavy atom. The van der Waals surface area contributed by atoms with Crippen molar-refractivity contribution in [2.75, 3.05) is 0 Å². The van der Waals surface area contributed by atoms with E-state index in [9.17, 15) is 0 Å². The number of hydrogen-bond acceptors (Lipinski definition) is 0. The lowest BCUT2D eigenvalue weighted by atomic mass is 10.1. The highest BCUT2D eigenvalue weighted by Crippen LogP contribution is 2.29. The Morgan fingerprint density at radius 1 is 1.00 bits per heavy atom. The minimum atomic E-state index is 1.08. The third-order valence-electron chi connectivity index (χ3n) is 2.56. The first-order valence-electron chi connectivity index (χ1n) is 4.60. The van der Waals surface area contributed by atoms with Gasteiger partial charge in [-0.2, -0.15) is 0 Å². The van der Waals surface area contributed by atoms with Crippen molar-refractivity contribution in [1.82, 2.24) is 4.98 Å². The van der Waals surface area contributed by atoms with Gasteiger partial charge in [-0.1, -0.05) is 30.3 Å². The fourth-order valence-electron chi connectivity index (χ4n) is 1.54. The van der Waals surface area contributed by atoms with Gasteiger partial charge < -0.3 is 4.98 Å². The van der Waals surface area contributed by atoms with Crippen LogP contribution >= 0.6 is 15.9 Å². The number of rotatable bonds is 1. The molecule has 2 heteroatoms. The van der Waals surface area contributed by atoms with Crippen molar-refractivity contribution in [3.05, 3.63) is 46.1 Å². The Balaban J connectivity index is 2.58. The molecule has 1 nitrogen and oxygen atoms in total. The molecular formula is C12H12BrN. The van der Waals surface area contributed by atoms with Gasteiger partial charge >= 0.3 is 0 Å². The topological polar surface area (TPSA) is 15.8 Å². The molecule has 0 saturated carbocycles. The Kier molecular flexibility index (Phi) is 2.46. The maximum atomic E-state index is 3.51. The van der Waals surface area contributed by atoms with Crippen molar-refractivity contribution in [2.24, 2.45) is 0 Å². The van der Waals surface area contributed by atoms with E-state index in [4.69, 9.17) is 0 Å². The zero-order chi connectivity index (χ0) is 10.1. The molecule has 0 unspecified atom stereocenters. The van der Waals surface area contributed by atoms with E-state index in [1.54, 1.807) is 0 Å². The van der Waals surface area contributed by atoms with E-state index >= 15 is 0 Å². The molecular weight excluding hydrogens is 238 g/mol. The monoisotopic (exact) mass is 249 g/mol. The number of aromatic nitrogens is 1. The van der Waals surface area contributed by atoms with Crippen molar-refractivity contribution in [3.8, 4) is 11.3 Å². The first kappa shape index (κ1) is 9.53. The summed E-state index contributed by atoms with van der Waals surface area (Å²) in [5.41, 5.74) is 5.03. The molecule has 0 saturated heterocycles. The van der Waals surface area contributed by atoms with Gasteiger partial charge in [0, 0.05) is 5.69 Å². The Morgan fingerprint density at radius 3 is 2.14 bits per heavy atom. The maximum Gasteiger partial charge on any atom is 0.0857 e. The fourth-order valence-corrected chi connectivity index (χ4v) is 2.04. The molecule has 0 spiro atoms. The summed E-state index contributed by atoms with van der Waals surface area (Å²) in [6.45, 7) is 4.25. The molecule has 0 bridgehead atoms. The van der Waals surface area contributed by atoms with Crippen molar-refractivity contribution in [1.29, 1.82) is 0 Å². The molecule has 0 amide bonds. The van der Waals surface area contributed by atoms with Gasteiger partial charge in [-0.3, -0.25) is 0 Å². The number of nitrogens with one attached hydrogen (secondary N) is 1. The second-order valence-electron chi connectivity index (χ2n) is 3.43. The molecule has 1 heterocycles. The quantitative estimate of drug-likeness (QED) is 0.785. The highest BCUT2D eigenvalue weighted by Gasteiger charge is 2.09. The predicted molar refractivity (Wildman–Crippen MR) is 63.4 cm³/mol. The number of H-pyrrole nitrogens is 1. The van der Waals surface area contributed by atoms with E-state index < -0.39 is 0 Å². The number of hydrogen-bond donors (Lipinski definition) is 1. The van der Waals surface area contributed by atoms with Crippen LogP contribution < -0.4 is 0 Å². The van der Waals surface area contributed by atoms with Gasteiger partial charge in [-0.15, -0.1) is 0 Å². The lowest BCUT2D eigenvalue weighted by Gasteiger charge is -1.99. The van der Waals surface area contributed by atoms with E-state index in [1.165, 1.54) is 22.4 Å². The van der Waals surface area contributed by atoms with Crippen LogP contribution in [0, 0.1) is 13.8 Å². The lowest BCUT2D eigenvalue weighted by molar-refractivity contribution is 1.32. The highest BCUT2D eigenvalue weighted by molar-refractivity contribution is 9.10. The van der Waals surface area contributed by atoms with Crippen LogP contribution in [0.15, 0.2) is 34.9 Å². The summed E-state index contributed by atoms with van der Waals surface area (Å²) in [6, 6.07) is 10.4. The van der Waals surface area contributed by atoms with Crippen LogP contribution in [0.25, 0.3) is 11.3 Å². The predicted octanol–water partition coefficient (Wildman–Crippen LogP) is 4.06. The molecule has 0 aliphatic carbocycles. The molecule has 1 aromatic heterocycles. The summed E-state index contributed by atoms with van der Waals surface area (Å²) in [4.78, 5) is 3.35. The van der Waals surface area contributed by atoms with E-state index in [0.717, 1.165) is 4.60 Å². The molecule has 1 aromatic carbocycles. The summed E-state index contributed by atoms with van der Waals surface area (Å²) >= 11 is 3.51. The van der Waals surface area contributed by atoms with Gasteiger partial charge in [-0.05, 0) is 46.5 Å². The van der Waals surface area contributed by atoms with Crippen molar-refractivity contribution in [2.45, 2.75) is 13.8 Å². The van der Waals surface area contributed by atoms with Crippen LogP contribution in [-0.2, 0) is 0 Å². The Labute approximate surface area is 92.3 Å². The average molecular weight is 250 g/mol. The zero-order valence-electron chi connectivity index (χ0n) is 8.26. The van der Waals surface area contributed by atoms with Crippen molar-refractivity contribution >= 4 is 15.9 Å². The van der Waals surface area contributed by atoms with Gasteiger partial charge in [0.1, 0.15) is 0 Å². The van der Waals surface area contributed by atoms with E-state index in [2.05, 4.69) is 59.0 Å². The van der Waals surface area contributed by atoms with Crippen LogP contribution in [0.1, 0.15) is 11.1 Å². The molecule has 14 heavy (non-hydrogen) atoms. The summed E-state index contributed by atoms with van der Waals surface area (Å²) < 4.78 is 1.08. The fraction of sp³-hybridized carbons (Fsp3) is 0.167. The van der Waals surface area contributed by atoms with E-state index in [-0.39, 0.29) is 0 Å². The highest BCUT2D eigenvalue weighted by atomic mass is 79.9. The molecule has 72 valence electrons. The zero-order valence-corrected chi connectivity index (χ0v) is 9.85. The van der Waals surface area contributed by atoms with Crippen LogP contribution in [0.4, 0.5) is 0 Å². The second-order valence-corrected chi connectivity index (χ2v) is 4.22. The largest absolute Gasteiger partial charge is 0.349 e. The van der Waals surface area contributed by atoms with E-state index in [0.29, 0.717) is 0 Å². The number of halogens is 1. The molecule has 1 N–H and O–H groups in total. The standard InChI is InChI=1S/C12H12BrN/c1-8-9(2)12(13)14-11(8)10-6-4-3-5-7-10/h3-7,14H,1-2H3. The second kappa shape index (κ2) is 3.62. The third kappa shape index (κ3) is 1.50. The first-order chi connectivity index (χ1) is 6.70. The smallest absolute Gasteiger partial charge is 0.0857 e. The molecule has 0 aliphatic rings. The molecule has 2 rings (SSSR count). The Bertz CT molecular complexity index is 443. The minimum absolute atomic E-state index is 1.08. The lowest BCUT2D eigenvalue weighted by Crippen LogP contribution is -1.79. The van der Waals surface area contributed by atoms with Crippen molar-refractivity contribution in [3.63, 3.8) is 0 Å². The molecule has 0 aliphatic heterocycles. The van der Waals surface area contributed by atoms with Gasteiger partial charge in [0.15, 0.2) is 0 Å². The number of aromatic amines is 1. The molecule has 2 aromatic rings. The average Bonchev–Trinajstić information content (AvgIpc) is 2.47. The van der Waals surface area contributed by atoms with Gasteiger partial charge in [-0.25, -0.2) is 0 Å². The van der Waals surface area contributed by atoms with Crippen LogP contribution in [0.5, 0.6) is 0 Å². The molecule has 0 fully saturated rings. The first-order valence-corrected chi connectivity index (χ1v) is 5.39. The van der Waals surface area contributed by atoms with Crippen LogP contribution in [-0.4, -0.2) is 4.98 Å². The normalized spacial score (nSPS) is 10.5. The van der Waals surface area contributed by atoms with Gasteiger partial charge in [0.05, 0.1) is 4.60 Å². The molecule has 0 atom stereocenters. The minimum Gasteiger partial charge on any atom is -0.349 e. The summed E-state index contributed by atoms with van der Waals surface area (Å²) in [7, 11) is 0. The summed E-state index contributed by atoms with van der Waals surface area (Å²) in [5.74, 6) is 0. The van der Waals surface area contributed by atoms with E-state index in [1.807, 2.05) is 6.07 Å². The summed E-state index contributed by atoms with van der Waals surface area (Å²) in [6.07, 6.45) is 0. The summed E-state index contributed by atoms with van der Waals surface area (Å²) in [5, 5.41) is 0. The Hall–Kier alpha value is -1.02. The van der Waals surface area contributed by atoms with Gasteiger partial charge in [0.2, 0.25) is 0 Å². The SMILES string of the molecule is Cc1c(Br)[nH]c(-c2ccccc2)c1C. The number of benzene rings is 1. The van der Waals surface area contributed by atoms with Crippen LogP contribution in [0.3, 0.4) is 0 Å². The molecule has 0 radical (unpaired) electrons.